The molecule has 3 heterocycles. The molecule has 1 atom stereocenters. The fourth-order valence-corrected chi connectivity index (χ4v) is 3.36. The maximum absolute atomic E-state index is 11.8. The lowest BCUT2D eigenvalue weighted by molar-refractivity contribution is -0.148. The number of methoxy groups -OCH3 is 1. The van der Waals surface area contributed by atoms with Crippen molar-refractivity contribution in [1.29, 1.82) is 0 Å². The molecule has 1 unspecified atom stereocenters. The topological polar surface area (TPSA) is 46.8 Å². The Kier molecular flexibility index (Phi) is 3.52. The Morgan fingerprint density at radius 3 is 3.26 bits per heavy atom. The summed E-state index contributed by atoms with van der Waals surface area (Å²) in [5, 5.41) is 2.02. The molecular weight excluding hydrogens is 262 g/mol. The molecule has 1 aliphatic heterocycles. The van der Waals surface area contributed by atoms with Crippen molar-refractivity contribution in [1.82, 2.24) is 14.3 Å². The number of nitrogens with zero attached hydrogens (tertiary/aromatic N) is 3. The first-order valence-corrected chi connectivity index (χ1v) is 7.39. The zero-order valence-electron chi connectivity index (χ0n) is 10.9. The Labute approximate surface area is 115 Å². The van der Waals surface area contributed by atoms with E-state index in [2.05, 4.69) is 9.88 Å². The van der Waals surface area contributed by atoms with Gasteiger partial charge in [-0.25, -0.2) is 4.98 Å². The molecule has 6 heteroatoms. The van der Waals surface area contributed by atoms with Crippen LogP contribution in [0.2, 0.25) is 0 Å². The van der Waals surface area contributed by atoms with Gasteiger partial charge in [-0.1, -0.05) is 6.42 Å². The lowest BCUT2D eigenvalue weighted by Gasteiger charge is -2.33. The molecule has 1 fully saturated rings. The van der Waals surface area contributed by atoms with Gasteiger partial charge >= 0.3 is 5.97 Å². The van der Waals surface area contributed by atoms with Crippen LogP contribution in [0.1, 0.15) is 25.0 Å². The summed E-state index contributed by atoms with van der Waals surface area (Å²) in [6, 6.07) is -0.113. The molecule has 0 N–H and O–H groups in total. The van der Waals surface area contributed by atoms with Gasteiger partial charge in [-0.15, -0.1) is 11.3 Å². The number of hydrogen-bond donors (Lipinski definition) is 0. The molecule has 2 aromatic rings. The highest BCUT2D eigenvalue weighted by atomic mass is 32.1. The quantitative estimate of drug-likeness (QED) is 0.805. The number of thiazole rings is 1. The molecule has 2 aromatic heterocycles. The Morgan fingerprint density at radius 2 is 2.47 bits per heavy atom. The fourth-order valence-electron chi connectivity index (χ4n) is 2.64. The average Bonchev–Trinajstić information content (AvgIpc) is 2.99. The summed E-state index contributed by atoms with van der Waals surface area (Å²) < 4.78 is 6.92. The van der Waals surface area contributed by atoms with Crippen LogP contribution >= 0.6 is 11.3 Å². The number of ether oxygens (including phenoxy) is 1. The van der Waals surface area contributed by atoms with E-state index < -0.39 is 0 Å². The molecule has 0 radical (unpaired) electrons. The highest BCUT2D eigenvalue weighted by molar-refractivity contribution is 7.15. The van der Waals surface area contributed by atoms with Gasteiger partial charge in [0.05, 0.1) is 12.8 Å². The third-order valence-electron chi connectivity index (χ3n) is 3.60. The molecule has 102 valence electrons. The van der Waals surface area contributed by atoms with Crippen molar-refractivity contribution in [2.45, 2.75) is 31.8 Å². The number of hydrogen-bond acceptors (Lipinski definition) is 5. The summed E-state index contributed by atoms with van der Waals surface area (Å²) in [5.41, 5.74) is 1.02. The van der Waals surface area contributed by atoms with Crippen LogP contribution < -0.4 is 0 Å². The maximum atomic E-state index is 11.8. The standard InChI is InChI=1S/C13H17N3O2S/c1-18-12(17)11-4-2-3-5-15(11)8-10-9-16-6-7-19-13(16)14-10/h6-7,9,11H,2-5,8H2,1H3. The van der Waals surface area contributed by atoms with E-state index in [1.54, 1.807) is 11.3 Å². The van der Waals surface area contributed by atoms with Crippen LogP contribution in [-0.2, 0) is 16.1 Å². The minimum atomic E-state index is -0.124. The predicted octanol–water partition coefficient (Wildman–Crippen LogP) is 1.92. The van der Waals surface area contributed by atoms with Crippen LogP contribution in [0, 0.1) is 0 Å². The van der Waals surface area contributed by atoms with Gasteiger partial charge in [0.15, 0.2) is 4.96 Å². The number of rotatable bonds is 3. The third-order valence-corrected chi connectivity index (χ3v) is 4.37. The van der Waals surface area contributed by atoms with Gasteiger partial charge in [0.25, 0.3) is 0 Å². The normalized spacial score (nSPS) is 20.8. The van der Waals surface area contributed by atoms with Gasteiger partial charge in [-0.05, 0) is 19.4 Å². The maximum Gasteiger partial charge on any atom is 0.323 e. The van der Waals surface area contributed by atoms with Gasteiger partial charge in [-0.2, -0.15) is 0 Å². The second-order valence-electron chi connectivity index (χ2n) is 4.83. The van der Waals surface area contributed by atoms with Crippen LogP contribution in [0.15, 0.2) is 17.8 Å². The lowest BCUT2D eigenvalue weighted by Crippen LogP contribution is -2.44. The number of piperidine rings is 1. The van der Waals surface area contributed by atoms with Crippen LogP contribution in [0.5, 0.6) is 0 Å². The first kappa shape index (κ1) is 12.6. The van der Waals surface area contributed by atoms with Gasteiger partial charge in [0.1, 0.15) is 6.04 Å². The third kappa shape index (κ3) is 2.50. The van der Waals surface area contributed by atoms with Crippen molar-refractivity contribution < 1.29 is 9.53 Å². The smallest absolute Gasteiger partial charge is 0.323 e. The summed E-state index contributed by atoms with van der Waals surface area (Å²) in [7, 11) is 1.46. The number of aromatic nitrogens is 2. The second kappa shape index (κ2) is 5.30. The van der Waals surface area contributed by atoms with E-state index in [9.17, 15) is 4.79 Å². The summed E-state index contributed by atoms with van der Waals surface area (Å²) in [5.74, 6) is -0.124. The highest BCUT2D eigenvalue weighted by Crippen LogP contribution is 2.21. The molecule has 19 heavy (non-hydrogen) atoms. The van der Waals surface area contributed by atoms with Crippen LogP contribution in [0.4, 0.5) is 0 Å². The van der Waals surface area contributed by atoms with Crippen molar-refractivity contribution in [3.05, 3.63) is 23.5 Å². The van der Waals surface area contributed by atoms with Crippen molar-refractivity contribution in [2.75, 3.05) is 13.7 Å². The predicted molar refractivity (Wildman–Crippen MR) is 73.1 cm³/mol. The Hall–Kier alpha value is -1.40. The lowest BCUT2D eigenvalue weighted by atomic mass is 10.0. The van der Waals surface area contributed by atoms with Crippen molar-refractivity contribution in [2.24, 2.45) is 0 Å². The number of esters is 1. The number of fused-ring (bicyclic) bond motifs is 1. The SMILES string of the molecule is COC(=O)C1CCCCN1Cc1cn2ccsc2n1. The van der Waals surface area contributed by atoms with Gasteiger partial charge in [0.2, 0.25) is 0 Å². The minimum Gasteiger partial charge on any atom is -0.468 e. The monoisotopic (exact) mass is 279 g/mol. The highest BCUT2D eigenvalue weighted by Gasteiger charge is 2.29. The molecule has 0 bridgehead atoms. The van der Waals surface area contributed by atoms with E-state index in [0.29, 0.717) is 6.54 Å². The van der Waals surface area contributed by atoms with E-state index in [-0.39, 0.29) is 12.0 Å². The number of likely N-dealkylation sites (tertiary alicyclic amines) is 1. The Balaban J connectivity index is 1.76. The van der Waals surface area contributed by atoms with E-state index in [0.717, 1.165) is 36.5 Å². The zero-order valence-corrected chi connectivity index (χ0v) is 11.7. The number of carbonyl (C=O) groups is 1. The summed E-state index contributed by atoms with van der Waals surface area (Å²) in [4.78, 5) is 19.6. The van der Waals surface area contributed by atoms with E-state index in [1.165, 1.54) is 7.11 Å². The molecule has 3 rings (SSSR count). The average molecular weight is 279 g/mol. The first-order chi connectivity index (χ1) is 9.28. The van der Waals surface area contributed by atoms with E-state index in [4.69, 9.17) is 4.74 Å². The molecule has 0 amide bonds. The first-order valence-electron chi connectivity index (χ1n) is 6.51. The fraction of sp³-hybridized carbons (Fsp3) is 0.538. The van der Waals surface area contributed by atoms with E-state index >= 15 is 0 Å². The summed E-state index contributed by atoms with van der Waals surface area (Å²) >= 11 is 1.62. The van der Waals surface area contributed by atoms with Crippen LogP contribution in [-0.4, -0.2) is 40.0 Å². The molecule has 0 aromatic carbocycles. The van der Waals surface area contributed by atoms with E-state index in [1.807, 2.05) is 22.2 Å². The molecular formula is C13H17N3O2S. The second-order valence-corrected chi connectivity index (χ2v) is 5.70. The number of imidazole rings is 1. The Morgan fingerprint density at radius 1 is 1.58 bits per heavy atom. The molecule has 1 saturated heterocycles. The molecule has 0 spiro atoms. The summed E-state index contributed by atoms with van der Waals surface area (Å²) in [6.07, 6.45) is 7.15. The summed E-state index contributed by atoms with van der Waals surface area (Å²) in [6.45, 7) is 1.65. The molecule has 1 aliphatic rings. The molecule has 0 aliphatic carbocycles. The van der Waals surface area contributed by atoms with Gasteiger partial charge in [0, 0.05) is 24.3 Å². The van der Waals surface area contributed by atoms with Crippen LogP contribution in [0.3, 0.4) is 0 Å². The van der Waals surface area contributed by atoms with Gasteiger partial charge < -0.3 is 4.74 Å². The molecule has 0 saturated carbocycles. The zero-order chi connectivity index (χ0) is 13.2. The molecule has 5 nitrogen and oxygen atoms in total. The van der Waals surface area contributed by atoms with Crippen molar-refractivity contribution >= 4 is 22.3 Å². The minimum absolute atomic E-state index is 0.113. The largest absolute Gasteiger partial charge is 0.468 e. The van der Waals surface area contributed by atoms with Crippen molar-refractivity contribution in [3.8, 4) is 0 Å². The number of carbonyl (C=O) groups excluding carboxylic acids is 1. The Bertz CT molecular complexity index is 549. The van der Waals surface area contributed by atoms with Crippen molar-refractivity contribution in [3.63, 3.8) is 0 Å². The van der Waals surface area contributed by atoms with Crippen LogP contribution in [0.25, 0.3) is 4.96 Å². The van der Waals surface area contributed by atoms with Gasteiger partial charge in [-0.3, -0.25) is 14.1 Å².